The van der Waals surface area contributed by atoms with E-state index in [1.54, 1.807) is 0 Å². The molecule has 4 heteroatoms. The van der Waals surface area contributed by atoms with Gasteiger partial charge in [-0.15, -0.1) is 0 Å². The van der Waals surface area contributed by atoms with Gasteiger partial charge >= 0.3 is 0 Å². The molecule has 0 unspecified atom stereocenters. The topological polar surface area (TPSA) is 54.8 Å². The molecular weight excluding hydrogens is 226 g/mol. The van der Waals surface area contributed by atoms with Crippen LogP contribution in [0.4, 0.5) is 0 Å². The predicted molar refractivity (Wildman–Crippen MR) is 67.0 cm³/mol. The van der Waals surface area contributed by atoms with E-state index in [9.17, 15) is 0 Å². The fourth-order valence-corrected chi connectivity index (χ4v) is 2.07. The molecule has 0 aliphatic rings. The second kappa shape index (κ2) is 4.04. The van der Waals surface area contributed by atoms with E-state index in [-0.39, 0.29) is 0 Å². The second-order valence-electron chi connectivity index (χ2n) is 4.26. The summed E-state index contributed by atoms with van der Waals surface area (Å²) in [7, 11) is 0. The molecule has 0 amide bonds. The summed E-state index contributed by atoms with van der Waals surface area (Å²) in [5, 5.41) is 13.8. The Kier molecular flexibility index (Phi) is 2.38. The Labute approximate surface area is 104 Å². The minimum Gasteiger partial charge on any atom is -0.359 e. The van der Waals surface area contributed by atoms with Crippen LogP contribution in [0.25, 0.3) is 10.9 Å². The van der Waals surface area contributed by atoms with Gasteiger partial charge in [-0.1, -0.05) is 5.16 Å². The molecular formula is C14H11N3O. The average Bonchev–Trinajstić information content (AvgIpc) is 2.96. The van der Waals surface area contributed by atoms with Crippen LogP contribution in [0.5, 0.6) is 0 Å². The van der Waals surface area contributed by atoms with Gasteiger partial charge in [-0.2, -0.15) is 5.26 Å². The highest BCUT2D eigenvalue weighted by Crippen LogP contribution is 2.19. The van der Waals surface area contributed by atoms with E-state index in [0.717, 1.165) is 22.4 Å². The summed E-state index contributed by atoms with van der Waals surface area (Å²) < 4.78 is 7.29. The van der Waals surface area contributed by atoms with Crippen LogP contribution in [0.3, 0.4) is 0 Å². The summed E-state index contributed by atoms with van der Waals surface area (Å²) in [6.45, 7) is 2.55. The van der Waals surface area contributed by atoms with Crippen molar-refractivity contribution in [3.8, 4) is 6.07 Å². The maximum atomic E-state index is 8.86. The predicted octanol–water partition coefficient (Wildman–Crippen LogP) is 2.86. The average molecular weight is 237 g/mol. The molecule has 0 fully saturated rings. The van der Waals surface area contributed by atoms with E-state index in [2.05, 4.69) is 15.8 Å². The van der Waals surface area contributed by atoms with Crippen LogP contribution in [0.15, 0.2) is 41.1 Å². The molecule has 4 nitrogen and oxygen atoms in total. The summed E-state index contributed by atoms with van der Waals surface area (Å²) in [5.74, 6) is 0.828. The molecule has 0 aliphatic carbocycles. The maximum absolute atomic E-state index is 8.86. The highest BCUT2D eigenvalue weighted by atomic mass is 16.5. The lowest BCUT2D eigenvalue weighted by Gasteiger charge is -2.01. The Morgan fingerprint density at radius 3 is 2.94 bits per heavy atom. The first-order valence-corrected chi connectivity index (χ1v) is 5.67. The third-order valence-electron chi connectivity index (χ3n) is 2.90. The van der Waals surface area contributed by atoms with Gasteiger partial charge in [0.2, 0.25) is 0 Å². The molecule has 0 N–H and O–H groups in total. The minimum atomic E-state index is 0.649. The summed E-state index contributed by atoms with van der Waals surface area (Å²) in [5.41, 5.74) is 2.65. The van der Waals surface area contributed by atoms with Crippen LogP contribution in [-0.2, 0) is 6.54 Å². The Balaban J connectivity index is 2.00. The number of aryl methyl sites for hydroxylation is 1. The fourth-order valence-electron chi connectivity index (χ4n) is 2.07. The first-order valence-electron chi connectivity index (χ1n) is 5.67. The fraction of sp³-hybridized carbons (Fsp3) is 0.143. The van der Waals surface area contributed by atoms with E-state index in [0.29, 0.717) is 12.1 Å². The monoisotopic (exact) mass is 237 g/mol. The smallest absolute Gasteiger partial charge is 0.156 e. The van der Waals surface area contributed by atoms with Crippen molar-refractivity contribution in [1.82, 2.24) is 9.72 Å². The van der Waals surface area contributed by atoms with E-state index in [1.165, 1.54) is 0 Å². The van der Waals surface area contributed by atoms with E-state index >= 15 is 0 Å². The Morgan fingerprint density at radius 2 is 2.22 bits per heavy atom. The Hall–Kier alpha value is -2.54. The molecule has 0 spiro atoms. The number of fused-ring (bicyclic) bond motifs is 1. The number of nitrogens with zero attached hydrogens (tertiary/aromatic N) is 3. The molecule has 18 heavy (non-hydrogen) atoms. The van der Waals surface area contributed by atoms with E-state index in [1.807, 2.05) is 43.5 Å². The third-order valence-corrected chi connectivity index (χ3v) is 2.90. The zero-order valence-corrected chi connectivity index (χ0v) is 9.92. The van der Waals surface area contributed by atoms with Crippen molar-refractivity contribution in [2.24, 2.45) is 0 Å². The highest BCUT2D eigenvalue weighted by Gasteiger charge is 2.06. The van der Waals surface area contributed by atoms with Crippen molar-refractivity contribution in [3.63, 3.8) is 0 Å². The van der Waals surface area contributed by atoms with Crippen LogP contribution in [0.1, 0.15) is 17.0 Å². The number of benzene rings is 1. The van der Waals surface area contributed by atoms with Crippen LogP contribution in [0.2, 0.25) is 0 Å². The number of nitriles is 1. The van der Waals surface area contributed by atoms with Gasteiger partial charge in [0.15, 0.2) is 5.76 Å². The molecule has 2 heterocycles. The van der Waals surface area contributed by atoms with Crippen LogP contribution in [-0.4, -0.2) is 9.72 Å². The summed E-state index contributed by atoms with van der Waals surface area (Å²) in [4.78, 5) is 0. The Bertz CT molecular complexity index is 746. The van der Waals surface area contributed by atoms with Crippen LogP contribution < -0.4 is 0 Å². The quantitative estimate of drug-likeness (QED) is 0.688. The van der Waals surface area contributed by atoms with Crippen molar-refractivity contribution < 1.29 is 4.52 Å². The van der Waals surface area contributed by atoms with E-state index in [4.69, 9.17) is 9.78 Å². The highest BCUT2D eigenvalue weighted by molar-refractivity contribution is 5.81. The second-order valence-corrected chi connectivity index (χ2v) is 4.26. The van der Waals surface area contributed by atoms with Gasteiger partial charge in [0, 0.05) is 23.2 Å². The zero-order valence-electron chi connectivity index (χ0n) is 9.92. The third kappa shape index (κ3) is 1.76. The molecule has 1 aromatic carbocycles. The van der Waals surface area contributed by atoms with Crippen molar-refractivity contribution in [2.75, 3.05) is 0 Å². The van der Waals surface area contributed by atoms with Crippen molar-refractivity contribution in [3.05, 3.63) is 53.5 Å². The molecule has 0 atom stereocenters. The number of hydrogen-bond acceptors (Lipinski definition) is 3. The van der Waals surface area contributed by atoms with Gasteiger partial charge in [-0.05, 0) is 31.2 Å². The zero-order chi connectivity index (χ0) is 12.5. The maximum Gasteiger partial charge on any atom is 0.156 e. The molecule has 0 radical (unpaired) electrons. The van der Waals surface area contributed by atoms with Crippen molar-refractivity contribution >= 4 is 10.9 Å². The normalized spacial score (nSPS) is 10.7. The van der Waals surface area contributed by atoms with E-state index < -0.39 is 0 Å². The molecule has 2 aromatic heterocycles. The van der Waals surface area contributed by atoms with Gasteiger partial charge in [0.05, 0.1) is 23.9 Å². The lowest BCUT2D eigenvalue weighted by atomic mass is 10.2. The van der Waals surface area contributed by atoms with Gasteiger partial charge in [-0.25, -0.2) is 0 Å². The van der Waals surface area contributed by atoms with Crippen LogP contribution in [0, 0.1) is 18.3 Å². The standard InChI is InChI=1S/C14H11N3O/c1-10-6-13(18-16-10)9-17-5-4-12-7-11(8-15)2-3-14(12)17/h2-7H,9H2,1H3. The first-order chi connectivity index (χ1) is 8.76. The minimum absolute atomic E-state index is 0.649. The van der Waals surface area contributed by atoms with Gasteiger partial charge < -0.3 is 9.09 Å². The molecule has 88 valence electrons. The largest absolute Gasteiger partial charge is 0.359 e. The lowest BCUT2D eigenvalue weighted by molar-refractivity contribution is 0.374. The van der Waals surface area contributed by atoms with Gasteiger partial charge in [0.25, 0.3) is 0 Å². The van der Waals surface area contributed by atoms with Crippen molar-refractivity contribution in [2.45, 2.75) is 13.5 Å². The van der Waals surface area contributed by atoms with Crippen LogP contribution >= 0.6 is 0 Å². The number of aromatic nitrogens is 2. The Morgan fingerprint density at radius 1 is 1.33 bits per heavy atom. The molecule has 3 rings (SSSR count). The molecule has 0 saturated heterocycles. The van der Waals surface area contributed by atoms with Crippen molar-refractivity contribution in [1.29, 1.82) is 5.26 Å². The lowest BCUT2D eigenvalue weighted by Crippen LogP contribution is -1.96. The molecule has 0 aliphatic heterocycles. The molecule has 0 bridgehead atoms. The molecule has 3 aromatic rings. The SMILES string of the molecule is Cc1cc(Cn2ccc3cc(C#N)ccc32)on1. The number of hydrogen-bond donors (Lipinski definition) is 0. The summed E-state index contributed by atoms with van der Waals surface area (Å²) in [6, 6.07) is 11.7. The summed E-state index contributed by atoms with van der Waals surface area (Å²) >= 11 is 0. The van der Waals surface area contributed by atoms with Gasteiger partial charge in [-0.3, -0.25) is 0 Å². The first kappa shape index (κ1) is 10.6. The number of rotatable bonds is 2. The molecule has 0 saturated carbocycles. The summed E-state index contributed by atoms with van der Waals surface area (Å²) in [6.07, 6.45) is 1.99. The van der Waals surface area contributed by atoms with Gasteiger partial charge in [0.1, 0.15) is 0 Å².